The van der Waals surface area contributed by atoms with Gasteiger partial charge < -0.3 is 14.8 Å². The van der Waals surface area contributed by atoms with E-state index in [1.165, 1.54) is 0 Å². The van der Waals surface area contributed by atoms with E-state index in [1.807, 2.05) is 85.8 Å². The first-order chi connectivity index (χ1) is 16.5. The van der Waals surface area contributed by atoms with Gasteiger partial charge in [0.15, 0.2) is 0 Å². The molecule has 4 rings (SSSR count). The molecule has 0 fully saturated rings. The second kappa shape index (κ2) is 10.5. The Labute approximate surface area is 198 Å². The number of nitrogens with zero attached hydrogens (tertiary/aromatic N) is 2. The number of carbonyl (C=O) groups excluding carboxylic acids is 1. The minimum absolute atomic E-state index is 0.0717. The lowest BCUT2D eigenvalue weighted by Crippen LogP contribution is -2.23. The van der Waals surface area contributed by atoms with Gasteiger partial charge in [-0.25, -0.2) is 9.97 Å². The summed E-state index contributed by atoms with van der Waals surface area (Å²) in [5, 5.41) is 5.91. The van der Waals surface area contributed by atoms with Crippen LogP contribution in [0.5, 0.6) is 11.5 Å². The molecule has 0 aliphatic carbocycles. The Morgan fingerprint density at radius 1 is 0.765 bits per heavy atom. The average molecular weight is 455 g/mol. The average Bonchev–Trinajstić information content (AvgIpc) is 2.88. The third-order valence-electron chi connectivity index (χ3n) is 5.25. The van der Waals surface area contributed by atoms with Gasteiger partial charge in [0.2, 0.25) is 11.9 Å². The summed E-state index contributed by atoms with van der Waals surface area (Å²) >= 11 is 0. The molecule has 0 aliphatic heterocycles. The van der Waals surface area contributed by atoms with E-state index in [4.69, 9.17) is 9.47 Å². The second-order valence-electron chi connectivity index (χ2n) is 7.69. The number of benzene rings is 3. The van der Waals surface area contributed by atoms with E-state index in [0.717, 1.165) is 39.6 Å². The zero-order valence-electron chi connectivity index (χ0n) is 19.3. The summed E-state index contributed by atoms with van der Waals surface area (Å²) in [5.74, 6) is 1.50. The fraction of sp³-hybridized carbons (Fsp3) is 0.148. The highest BCUT2D eigenvalue weighted by Crippen LogP contribution is 2.27. The SMILES string of the molecule is COc1ccc(NCC(=O)Nc2nc(-c3ccc(C)cc3)cc(-c3ccc(OC)cc3)n2)cc1. The first kappa shape index (κ1) is 22.8. The molecule has 7 heteroatoms. The summed E-state index contributed by atoms with van der Waals surface area (Å²) < 4.78 is 10.4. The van der Waals surface area contributed by atoms with Crippen LogP contribution in [0.2, 0.25) is 0 Å². The van der Waals surface area contributed by atoms with E-state index in [1.54, 1.807) is 14.2 Å². The monoisotopic (exact) mass is 454 g/mol. The highest BCUT2D eigenvalue weighted by Gasteiger charge is 2.12. The maximum atomic E-state index is 12.6. The smallest absolute Gasteiger partial charge is 0.246 e. The van der Waals surface area contributed by atoms with Crippen LogP contribution >= 0.6 is 0 Å². The van der Waals surface area contributed by atoms with Crippen LogP contribution in [0.3, 0.4) is 0 Å². The molecule has 1 aromatic heterocycles. The third-order valence-corrected chi connectivity index (χ3v) is 5.25. The van der Waals surface area contributed by atoms with Crippen LogP contribution in [0.4, 0.5) is 11.6 Å². The zero-order valence-corrected chi connectivity index (χ0v) is 19.3. The number of methoxy groups -OCH3 is 2. The summed E-state index contributed by atoms with van der Waals surface area (Å²) in [7, 11) is 3.24. The van der Waals surface area contributed by atoms with Crippen molar-refractivity contribution in [2.24, 2.45) is 0 Å². The van der Waals surface area contributed by atoms with Gasteiger partial charge in [-0.3, -0.25) is 10.1 Å². The summed E-state index contributed by atoms with van der Waals surface area (Å²) in [6, 6.07) is 24.9. The summed E-state index contributed by atoms with van der Waals surface area (Å²) in [5.41, 5.74) is 5.22. The predicted octanol–water partition coefficient (Wildman–Crippen LogP) is 5.19. The highest BCUT2D eigenvalue weighted by atomic mass is 16.5. The van der Waals surface area contributed by atoms with E-state index >= 15 is 0 Å². The van der Waals surface area contributed by atoms with Crippen LogP contribution in [0.25, 0.3) is 22.5 Å². The van der Waals surface area contributed by atoms with E-state index in [0.29, 0.717) is 5.69 Å². The molecule has 0 saturated heterocycles. The first-order valence-electron chi connectivity index (χ1n) is 10.8. The van der Waals surface area contributed by atoms with Gasteiger partial charge in [-0.15, -0.1) is 0 Å². The number of ether oxygens (including phenoxy) is 2. The minimum atomic E-state index is -0.252. The Morgan fingerprint density at radius 2 is 1.26 bits per heavy atom. The van der Waals surface area contributed by atoms with Crippen LogP contribution in [-0.2, 0) is 4.79 Å². The van der Waals surface area contributed by atoms with Crippen LogP contribution in [0, 0.1) is 6.92 Å². The van der Waals surface area contributed by atoms with Crippen molar-refractivity contribution in [2.75, 3.05) is 31.4 Å². The van der Waals surface area contributed by atoms with Crippen molar-refractivity contribution in [2.45, 2.75) is 6.92 Å². The Bertz CT molecular complexity index is 1250. The lowest BCUT2D eigenvalue weighted by molar-refractivity contribution is -0.114. The van der Waals surface area contributed by atoms with Gasteiger partial charge in [-0.1, -0.05) is 29.8 Å². The molecule has 0 radical (unpaired) electrons. The summed E-state index contributed by atoms with van der Waals surface area (Å²) in [4.78, 5) is 21.8. The Balaban J connectivity index is 1.57. The largest absolute Gasteiger partial charge is 0.497 e. The molecule has 7 nitrogen and oxygen atoms in total. The first-order valence-corrected chi connectivity index (χ1v) is 10.8. The van der Waals surface area contributed by atoms with Gasteiger partial charge in [0.1, 0.15) is 11.5 Å². The van der Waals surface area contributed by atoms with Crippen LogP contribution < -0.4 is 20.1 Å². The molecule has 3 aromatic carbocycles. The third kappa shape index (κ3) is 5.69. The molecule has 0 saturated carbocycles. The molecule has 2 N–H and O–H groups in total. The lowest BCUT2D eigenvalue weighted by atomic mass is 10.1. The molecular weight excluding hydrogens is 428 g/mol. The molecule has 0 atom stereocenters. The van der Waals surface area contributed by atoms with E-state index in [9.17, 15) is 4.79 Å². The fourth-order valence-corrected chi connectivity index (χ4v) is 3.35. The number of anilines is 2. The van der Waals surface area contributed by atoms with Crippen molar-refractivity contribution in [3.63, 3.8) is 0 Å². The molecule has 1 heterocycles. The Kier molecular flexibility index (Phi) is 7.03. The molecular formula is C27H26N4O3. The van der Waals surface area contributed by atoms with Gasteiger partial charge in [0.25, 0.3) is 0 Å². The van der Waals surface area contributed by atoms with E-state index in [2.05, 4.69) is 20.6 Å². The van der Waals surface area contributed by atoms with Gasteiger partial charge in [-0.05, 0) is 61.5 Å². The topological polar surface area (TPSA) is 85.4 Å². The predicted molar refractivity (Wildman–Crippen MR) is 134 cm³/mol. The zero-order chi connectivity index (χ0) is 23.9. The molecule has 172 valence electrons. The molecule has 0 bridgehead atoms. The summed E-state index contributed by atoms with van der Waals surface area (Å²) in [6.07, 6.45) is 0. The Morgan fingerprint density at radius 3 is 1.79 bits per heavy atom. The minimum Gasteiger partial charge on any atom is -0.497 e. The van der Waals surface area contributed by atoms with Crippen molar-refractivity contribution in [3.8, 4) is 34.0 Å². The quantitative estimate of drug-likeness (QED) is 0.381. The molecule has 0 spiro atoms. The number of rotatable bonds is 8. The number of amides is 1. The number of aromatic nitrogens is 2. The fourth-order valence-electron chi connectivity index (χ4n) is 3.35. The maximum Gasteiger partial charge on any atom is 0.246 e. The maximum absolute atomic E-state index is 12.6. The van der Waals surface area contributed by atoms with Crippen LogP contribution in [0.15, 0.2) is 78.9 Å². The number of hydrogen-bond donors (Lipinski definition) is 2. The summed E-state index contributed by atoms with van der Waals surface area (Å²) in [6.45, 7) is 2.11. The molecule has 4 aromatic rings. The highest BCUT2D eigenvalue weighted by molar-refractivity contribution is 5.92. The normalized spacial score (nSPS) is 10.4. The number of aryl methyl sites for hydroxylation is 1. The van der Waals surface area contributed by atoms with Crippen molar-refractivity contribution in [1.82, 2.24) is 9.97 Å². The van der Waals surface area contributed by atoms with E-state index in [-0.39, 0.29) is 18.4 Å². The van der Waals surface area contributed by atoms with Crippen molar-refractivity contribution < 1.29 is 14.3 Å². The van der Waals surface area contributed by atoms with Crippen LogP contribution in [-0.4, -0.2) is 36.6 Å². The molecule has 0 unspecified atom stereocenters. The number of carbonyl (C=O) groups is 1. The van der Waals surface area contributed by atoms with Crippen molar-refractivity contribution in [3.05, 3.63) is 84.4 Å². The van der Waals surface area contributed by atoms with Gasteiger partial charge in [0, 0.05) is 16.8 Å². The van der Waals surface area contributed by atoms with Crippen molar-refractivity contribution in [1.29, 1.82) is 0 Å². The van der Waals surface area contributed by atoms with Crippen molar-refractivity contribution >= 4 is 17.5 Å². The standard InChI is InChI=1S/C27H26N4O3/c1-18-4-6-19(7-5-18)24-16-25(20-8-12-22(33-2)13-9-20)30-27(29-24)31-26(32)17-28-21-10-14-23(34-3)15-11-21/h4-16,28H,17H2,1-3H3,(H,29,30,31,32). The van der Waals surface area contributed by atoms with Gasteiger partial charge in [-0.2, -0.15) is 0 Å². The van der Waals surface area contributed by atoms with Gasteiger partial charge in [0.05, 0.1) is 32.2 Å². The van der Waals surface area contributed by atoms with Gasteiger partial charge >= 0.3 is 0 Å². The number of hydrogen-bond acceptors (Lipinski definition) is 6. The van der Waals surface area contributed by atoms with E-state index < -0.39 is 0 Å². The second-order valence-corrected chi connectivity index (χ2v) is 7.69. The molecule has 0 aliphatic rings. The lowest BCUT2D eigenvalue weighted by Gasteiger charge is -2.11. The number of nitrogens with one attached hydrogen (secondary N) is 2. The molecule has 1 amide bonds. The molecule has 34 heavy (non-hydrogen) atoms. The Hall–Kier alpha value is -4.39. The van der Waals surface area contributed by atoms with Crippen LogP contribution in [0.1, 0.15) is 5.56 Å².